The lowest BCUT2D eigenvalue weighted by atomic mass is 10.0. The molecule has 0 aromatic carbocycles. The highest BCUT2D eigenvalue weighted by atomic mass is 16.5. The Morgan fingerprint density at radius 2 is 2.00 bits per heavy atom. The van der Waals surface area contributed by atoms with Crippen molar-refractivity contribution >= 4 is 5.91 Å². The molecule has 2 N–H and O–H groups in total. The molecule has 0 atom stereocenters. The van der Waals surface area contributed by atoms with E-state index >= 15 is 0 Å². The van der Waals surface area contributed by atoms with Crippen molar-refractivity contribution in [3.63, 3.8) is 0 Å². The standard InChI is InChI=1S/C11H24N2O2/c1-4-10(5-2)8-12-9-11(14)13-6-7-15-3/h10,12H,4-9H2,1-3H3,(H,13,14). The molecule has 0 spiro atoms. The van der Waals surface area contributed by atoms with E-state index in [2.05, 4.69) is 24.5 Å². The second-order valence-corrected chi connectivity index (χ2v) is 3.66. The Bertz CT molecular complexity index is 159. The second-order valence-electron chi connectivity index (χ2n) is 3.66. The van der Waals surface area contributed by atoms with Crippen LogP contribution in [0, 0.1) is 5.92 Å². The van der Waals surface area contributed by atoms with Gasteiger partial charge in [0, 0.05) is 13.7 Å². The number of hydrogen-bond donors (Lipinski definition) is 2. The first-order valence-corrected chi connectivity index (χ1v) is 5.70. The van der Waals surface area contributed by atoms with Crippen LogP contribution in [0.2, 0.25) is 0 Å². The Labute approximate surface area is 92.8 Å². The Morgan fingerprint density at radius 1 is 1.33 bits per heavy atom. The number of ether oxygens (including phenoxy) is 1. The SMILES string of the molecule is CCC(CC)CNCC(=O)NCCOC. The van der Waals surface area contributed by atoms with Crippen LogP contribution in [-0.2, 0) is 9.53 Å². The summed E-state index contributed by atoms with van der Waals surface area (Å²) in [7, 11) is 1.62. The average molecular weight is 216 g/mol. The molecule has 0 unspecified atom stereocenters. The van der Waals surface area contributed by atoms with E-state index in [0.29, 0.717) is 25.6 Å². The zero-order valence-corrected chi connectivity index (χ0v) is 10.1. The predicted octanol–water partition coefficient (Wildman–Crippen LogP) is 0.775. The summed E-state index contributed by atoms with van der Waals surface area (Å²) in [5.41, 5.74) is 0. The van der Waals surface area contributed by atoms with E-state index < -0.39 is 0 Å². The molecule has 0 radical (unpaired) electrons. The van der Waals surface area contributed by atoms with Crippen molar-refractivity contribution in [3.05, 3.63) is 0 Å². The van der Waals surface area contributed by atoms with Crippen LogP contribution >= 0.6 is 0 Å². The van der Waals surface area contributed by atoms with Gasteiger partial charge < -0.3 is 15.4 Å². The van der Waals surface area contributed by atoms with Crippen molar-refractivity contribution in [1.29, 1.82) is 0 Å². The molecule has 0 aromatic rings. The van der Waals surface area contributed by atoms with Gasteiger partial charge in [-0.1, -0.05) is 26.7 Å². The molecule has 0 aromatic heterocycles. The topological polar surface area (TPSA) is 50.4 Å². The Hall–Kier alpha value is -0.610. The highest BCUT2D eigenvalue weighted by Gasteiger charge is 2.04. The fourth-order valence-electron chi connectivity index (χ4n) is 1.32. The van der Waals surface area contributed by atoms with Gasteiger partial charge in [0.25, 0.3) is 0 Å². The lowest BCUT2D eigenvalue weighted by Crippen LogP contribution is -2.37. The number of rotatable bonds is 9. The number of nitrogens with one attached hydrogen (secondary N) is 2. The maximum absolute atomic E-state index is 11.2. The largest absolute Gasteiger partial charge is 0.383 e. The van der Waals surface area contributed by atoms with Crippen molar-refractivity contribution in [1.82, 2.24) is 10.6 Å². The molecule has 90 valence electrons. The third-order valence-electron chi connectivity index (χ3n) is 2.50. The minimum Gasteiger partial charge on any atom is -0.383 e. The molecule has 0 fully saturated rings. The molecule has 4 nitrogen and oxygen atoms in total. The van der Waals surface area contributed by atoms with E-state index in [-0.39, 0.29) is 5.91 Å². The van der Waals surface area contributed by atoms with Gasteiger partial charge >= 0.3 is 0 Å². The molecular formula is C11H24N2O2. The molecule has 15 heavy (non-hydrogen) atoms. The maximum atomic E-state index is 11.2. The monoisotopic (exact) mass is 216 g/mol. The van der Waals surface area contributed by atoms with Crippen LogP contribution in [0.4, 0.5) is 0 Å². The van der Waals surface area contributed by atoms with Gasteiger partial charge in [0.2, 0.25) is 5.91 Å². The quantitative estimate of drug-likeness (QED) is 0.560. The lowest BCUT2D eigenvalue weighted by Gasteiger charge is -2.12. The number of hydrogen-bond acceptors (Lipinski definition) is 3. The first-order chi connectivity index (χ1) is 7.24. The first-order valence-electron chi connectivity index (χ1n) is 5.70. The van der Waals surface area contributed by atoms with E-state index in [4.69, 9.17) is 4.74 Å². The summed E-state index contributed by atoms with van der Waals surface area (Å²) in [6.45, 7) is 6.83. The molecule has 0 aliphatic heterocycles. The Morgan fingerprint density at radius 3 is 2.53 bits per heavy atom. The highest BCUT2D eigenvalue weighted by Crippen LogP contribution is 2.04. The van der Waals surface area contributed by atoms with E-state index in [1.807, 2.05) is 0 Å². The highest BCUT2D eigenvalue weighted by molar-refractivity contribution is 5.77. The minimum absolute atomic E-state index is 0.0398. The van der Waals surface area contributed by atoms with Gasteiger partial charge in [-0.05, 0) is 12.5 Å². The van der Waals surface area contributed by atoms with Gasteiger partial charge in [-0.15, -0.1) is 0 Å². The summed E-state index contributed by atoms with van der Waals surface area (Å²) < 4.78 is 4.83. The van der Waals surface area contributed by atoms with E-state index in [0.717, 1.165) is 19.4 Å². The van der Waals surface area contributed by atoms with Gasteiger partial charge in [-0.25, -0.2) is 0 Å². The summed E-state index contributed by atoms with van der Waals surface area (Å²) in [5.74, 6) is 0.717. The van der Waals surface area contributed by atoms with Crippen LogP contribution in [0.5, 0.6) is 0 Å². The van der Waals surface area contributed by atoms with Gasteiger partial charge in [0.15, 0.2) is 0 Å². The molecule has 0 saturated carbocycles. The molecule has 0 aliphatic carbocycles. The summed E-state index contributed by atoms with van der Waals surface area (Å²) in [6.07, 6.45) is 2.32. The normalized spacial score (nSPS) is 10.7. The number of carbonyl (C=O) groups is 1. The van der Waals surface area contributed by atoms with Crippen molar-refractivity contribution < 1.29 is 9.53 Å². The first kappa shape index (κ1) is 14.4. The summed E-state index contributed by atoms with van der Waals surface area (Å²) in [4.78, 5) is 11.2. The molecule has 0 saturated heterocycles. The van der Waals surface area contributed by atoms with Gasteiger partial charge in [0.05, 0.1) is 13.2 Å². The van der Waals surface area contributed by atoms with E-state index in [1.165, 1.54) is 0 Å². The fraction of sp³-hybridized carbons (Fsp3) is 0.909. The van der Waals surface area contributed by atoms with Gasteiger partial charge in [-0.3, -0.25) is 4.79 Å². The molecule has 0 rings (SSSR count). The number of amides is 1. The number of carbonyl (C=O) groups excluding carboxylic acids is 1. The van der Waals surface area contributed by atoms with Crippen molar-refractivity contribution in [2.45, 2.75) is 26.7 Å². The zero-order chi connectivity index (χ0) is 11.5. The van der Waals surface area contributed by atoms with Crippen molar-refractivity contribution in [3.8, 4) is 0 Å². The van der Waals surface area contributed by atoms with Crippen molar-refractivity contribution in [2.24, 2.45) is 5.92 Å². The van der Waals surface area contributed by atoms with Gasteiger partial charge in [-0.2, -0.15) is 0 Å². The molecule has 0 bridgehead atoms. The lowest BCUT2D eigenvalue weighted by molar-refractivity contribution is -0.120. The molecule has 0 heterocycles. The maximum Gasteiger partial charge on any atom is 0.234 e. The number of methoxy groups -OCH3 is 1. The summed E-state index contributed by atoms with van der Waals surface area (Å²) >= 11 is 0. The summed E-state index contributed by atoms with van der Waals surface area (Å²) in [6, 6.07) is 0. The van der Waals surface area contributed by atoms with E-state index in [9.17, 15) is 4.79 Å². The third-order valence-corrected chi connectivity index (χ3v) is 2.50. The molecule has 0 aliphatic rings. The van der Waals surface area contributed by atoms with Crippen LogP contribution < -0.4 is 10.6 Å². The second kappa shape index (κ2) is 9.93. The average Bonchev–Trinajstić information content (AvgIpc) is 2.25. The summed E-state index contributed by atoms with van der Waals surface area (Å²) in [5, 5.41) is 5.93. The van der Waals surface area contributed by atoms with E-state index in [1.54, 1.807) is 7.11 Å². The van der Waals surface area contributed by atoms with Crippen LogP contribution in [0.3, 0.4) is 0 Å². The molecule has 4 heteroatoms. The molecule has 1 amide bonds. The fourth-order valence-corrected chi connectivity index (χ4v) is 1.32. The van der Waals surface area contributed by atoms with Gasteiger partial charge in [0.1, 0.15) is 0 Å². The van der Waals surface area contributed by atoms with Crippen molar-refractivity contribution in [2.75, 3.05) is 33.4 Å². The van der Waals surface area contributed by atoms with Crippen LogP contribution in [0.1, 0.15) is 26.7 Å². The minimum atomic E-state index is 0.0398. The predicted molar refractivity (Wildman–Crippen MR) is 61.8 cm³/mol. The molecular weight excluding hydrogens is 192 g/mol. The van der Waals surface area contributed by atoms with Crippen LogP contribution in [0.15, 0.2) is 0 Å². The third kappa shape index (κ3) is 8.39. The zero-order valence-electron chi connectivity index (χ0n) is 10.1. The van der Waals surface area contributed by atoms with Crippen LogP contribution in [-0.4, -0.2) is 39.3 Å². The van der Waals surface area contributed by atoms with Crippen LogP contribution in [0.25, 0.3) is 0 Å². The Kier molecular flexibility index (Phi) is 9.52. The Balaban J connectivity index is 3.37. The smallest absolute Gasteiger partial charge is 0.234 e.